The monoisotopic (exact) mass is 536 g/mol. The fourth-order valence-electron chi connectivity index (χ4n) is 4.48. The summed E-state index contributed by atoms with van der Waals surface area (Å²) in [6.07, 6.45) is 5.10. The van der Waals surface area contributed by atoms with Gasteiger partial charge in [0.1, 0.15) is 36.9 Å². The quantitative estimate of drug-likeness (QED) is 0.136. The van der Waals surface area contributed by atoms with Crippen LogP contribution < -0.4 is 9.47 Å². The lowest BCUT2D eigenvalue weighted by atomic mass is 9.99. The van der Waals surface area contributed by atoms with Gasteiger partial charge < -0.3 is 18.9 Å². The molecule has 0 aliphatic carbocycles. The van der Waals surface area contributed by atoms with Crippen molar-refractivity contribution in [3.8, 4) is 11.5 Å². The predicted octanol–water partition coefficient (Wildman–Crippen LogP) is 8.08. The van der Waals surface area contributed by atoms with Crippen LogP contribution in [0.5, 0.6) is 11.5 Å². The summed E-state index contributed by atoms with van der Waals surface area (Å²) in [6, 6.07) is 14.2. The average Bonchev–Trinajstić information content (AvgIpc) is 2.95. The Balaban J connectivity index is 1.91. The summed E-state index contributed by atoms with van der Waals surface area (Å²) in [5.74, 6) is 1.14. The van der Waals surface area contributed by atoms with Gasteiger partial charge in [0.25, 0.3) is 0 Å². The molecule has 0 aliphatic heterocycles. The van der Waals surface area contributed by atoms with Crippen LogP contribution in [-0.2, 0) is 19.1 Å². The maximum absolute atomic E-state index is 12.2. The first kappa shape index (κ1) is 30.3. The highest BCUT2D eigenvalue weighted by Crippen LogP contribution is 2.43. The second-order valence-electron chi connectivity index (χ2n) is 10.1. The molecule has 0 fully saturated rings. The Morgan fingerprint density at radius 1 is 0.667 bits per heavy atom. The molecule has 0 heterocycles. The van der Waals surface area contributed by atoms with Gasteiger partial charge in [0, 0.05) is 34.4 Å². The number of carbonyl (C=O) groups excluding carboxylic acids is 2. The smallest absolute Gasteiger partial charge is 0.306 e. The summed E-state index contributed by atoms with van der Waals surface area (Å²) in [6.45, 7) is 10.7. The number of hydrogen-bond donors (Lipinski definition) is 0. The second-order valence-corrected chi connectivity index (χ2v) is 10.1. The van der Waals surface area contributed by atoms with E-state index >= 15 is 0 Å². The third-order valence-electron chi connectivity index (χ3n) is 6.88. The SMILES string of the molecule is CCCCC(=O)OC(CC)COc1c2ccccc2c(OCC(CC)OC(=O)CCCC)c2cc(C)ccc12. The number of carbonyl (C=O) groups is 2. The molecule has 0 saturated carbocycles. The molecule has 2 unspecified atom stereocenters. The van der Waals surface area contributed by atoms with E-state index in [4.69, 9.17) is 18.9 Å². The van der Waals surface area contributed by atoms with Gasteiger partial charge in [0.15, 0.2) is 0 Å². The van der Waals surface area contributed by atoms with E-state index in [2.05, 4.69) is 32.0 Å². The van der Waals surface area contributed by atoms with Gasteiger partial charge in [0.05, 0.1) is 0 Å². The van der Waals surface area contributed by atoms with E-state index in [0.717, 1.165) is 64.3 Å². The zero-order valence-electron chi connectivity index (χ0n) is 24.2. The fraction of sp³-hybridized carbons (Fsp3) is 0.515. The van der Waals surface area contributed by atoms with Crippen molar-refractivity contribution in [1.82, 2.24) is 0 Å². The minimum absolute atomic E-state index is 0.178. The first-order chi connectivity index (χ1) is 18.9. The molecule has 0 N–H and O–H groups in total. The van der Waals surface area contributed by atoms with E-state index in [9.17, 15) is 9.59 Å². The van der Waals surface area contributed by atoms with E-state index in [0.29, 0.717) is 25.7 Å². The van der Waals surface area contributed by atoms with Crippen LogP contribution >= 0.6 is 0 Å². The number of hydrogen-bond acceptors (Lipinski definition) is 6. The Kier molecular flexibility index (Phi) is 11.9. The van der Waals surface area contributed by atoms with Crippen LogP contribution in [0.1, 0.15) is 84.6 Å². The normalized spacial score (nSPS) is 12.7. The number of ether oxygens (including phenoxy) is 4. The molecule has 6 nitrogen and oxygen atoms in total. The highest BCUT2D eigenvalue weighted by Gasteiger charge is 2.21. The van der Waals surface area contributed by atoms with E-state index in [1.807, 2.05) is 45.0 Å². The van der Waals surface area contributed by atoms with Gasteiger partial charge in [-0.25, -0.2) is 0 Å². The van der Waals surface area contributed by atoms with Crippen LogP contribution in [0.3, 0.4) is 0 Å². The number of aryl methyl sites for hydroxylation is 1. The maximum Gasteiger partial charge on any atom is 0.306 e. The van der Waals surface area contributed by atoms with Crippen LogP contribution in [-0.4, -0.2) is 37.4 Å². The molecule has 2 atom stereocenters. The number of benzene rings is 3. The zero-order chi connectivity index (χ0) is 28.2. The van der Waals surface area contributed by atoms with Crippen molar-refractivity contribution in [3.05, 3.63) is 48.0 Å². The van der Waals surface area contributed by atoms with Crippen LogP contribution in [0, 0.1) is 6.92 Å². The van der Waals surface area contributed by atoms with E-state index in [-0.39, 0.29) is 37.4 Å². The highest BCUT2D eigenvalue weighted by atomic mass is 16.6. The summed E-state index contributed by atoms with van der Waals surface area (Å²) in [7, 11) is 0. The molecule has 0 aromatic heterocycles. The molecule has 0 spiro atoms. The molecule has 6 heteroatoms. The maximum atomic E-state index is 12.2. The molecule has 3 rings (SSSR count). The number of fused-ring (bicyclic) bond motifs is 2. The van der Waals surface area contributed by atoms with E-state index in [1.54, 1.807) is 0 Å². The molecular weight excluding hydrogens is 492 g/mol. The van der Waals surface area contributed by atoms with Crippen LogP contribution in [0.15, 0.2) is 42.5 Å². The summed E-state index contributed by atoms with van der Waals surface area (Å²) >= 11 is 0. The molecule has 0 aliphatic rings. The van der Waals surface area contributed by atoms with Gasteiger partial charge in [0.2, 0.25) is 0 Å². The van der Waals surface area contributed by atoms with E-state index in [1.165, 1.54) is 0 Å². The molecule has 0 saturated heterocycles. The molecule has 3 aromatic rings. The molecular formula is C33H44O6. The lowest BCUT2D eigenvalue weighted by Gasteiger charge is -2.22. The summed E-state index contributed by atoms with van der Waals surface area (Å²) < 4.78 is 24.2. The van der Waals surface area contributed by atoms with Crippen molar-refractivity contribution >= 4 is 33.5 Å². The summed E-state index contributed by atoms with van der Waals surface area (Å²) in [5, 5.41) is 3.70. The minimum atomic E-state index is -0.323. The summed E-state index contributed by atoms with van der Waals surface area (Å²) in [5.41, 5.74) is 1.10. The van der Waals surface area contributed by atoms with Crippen molar-refractivity contribution < 1.29 is 28.5 Å². The lowest BCUT2D eigenvalue weighted by molar-refractivity contribution is -0.151. The summed E-state index contributed by atoms with van der Waals surface area (Å²) in [4.78, 5) is 24.5. The van der Waals surface area contributed by atoms with Crippen LogP contribution in [0.2, 0.25) is 0 Å². The number of rotatable bonds is 16. The standard InChI is InChI=1S/C33H44O6/c1-6-10-16-30(34)38-24(8-3)21-36-32-26-14-12-13-15-27(26)33(29-20-23(5)18-19-28(29)32)37-22-25(9-4)39-31(35)17-11-7-2/h12-15,18-20,24-25H,6-11,16-17,21-22H2,1-5H3. The first-order valence-corrected chi connectivity index (χ1v) is 14.5. The number of unbranched alkanes of at least 4 members (excludes halogenated alkanes) is 2. The van der Waals surface area contributed by atoms with Gasteiger partial charge in [-0.1, -0.05) is 82.5 Å². The molecule has 39 heavy (non-hydrogen) atoms. The molecule has 3 aromatic carbocycles. The molecule has 0 radical (unpaired) electrons. The largest absolute Gasteiger partial charge is 0.488 e. The Morgan fingerprint density at radius 2 is 1.13 bits per heavy atom. The highest BCUT2D eigenvalue weighted by molar-refractivity contribution is 6.11. The topological polar surface area (TPSA) is 71.1 Å². The predicted molar refractivity (Wildman–Crippen MR) is 157 cm³/mol. The minimum Gasteiger partial charge on any atom is -0.488 e. The van der Waals surface area contributed by atoms with Gasteiger partial charge in [-0.05, 0) is 38.7 Å². The molecule has 212 valence electrons. The van der Waals surface area contributed by atoms with Gasteiger partial charge in [-0.2, -0.15) is 0 Å². The number of esters is 2. The Hall–Kier alpha value is -3.28. The third-order valence-corrected chi connectivity index (χ3v) is 6.88. The Bertz CT molecular complexity index is 1230. The second kappa shape index (κ2) is 15.3. The zero-order valence-corrected chi connectivity index (χ0v) is 24.2. The van der Waals surface area contributed by atoms with Gasteiger partial charge >= 0.3 is 11.9 Å². The van der Waals surface area contributed by atoms with Crippen LogP contribution in [0.4, 0.5) is 0 Å². The van der Waals surface area contributed by atoms with Gasteiger partial charge in [-0.15, -0.1) is 0 Å². The molecule has 0 bridgehead atoms. The fourth-order valence-corrected chi connectivity index (χ4v) is 4.48. The Morgan fingerprint density at radius 3 is 1.59 bits per heavy atom. The van der Waals surface area contributed by atoms with Crippen molar-refractivity contribution in [1.29, 1.82) is 0 Å². The molecule has 0 amide bonds. The van der Waals surface area contributed by atoms with Crippen molar-refractivity contribution in [2.45, 2.75) is 98.2 Å². The van der Waals surface area contributed by atoms with Gasteiger partial charge in [-0.3, -0.25) is 9.59 Å². The van der Waals surface area contributed by atoms with Crippen molar-refractivity contribution in [2.24, 2.45) is 0 Å². The van der Waals surface area contributed by atoms with Crippen molar-refractivity contribution in [2.75, 3.05) is 13.2 Å². The van der Waals surface area contributed by atoms with Crippen molar-refractivity contribution in [3.63, 3.8) is 0 Å². The average molecular weight is 537 g/mol. The Labute approximate surface area is 233 Å². The van der Waals surface area contributed by atoms with E-state index < -0.39 is 0 Å². The first-order valence-electron chi connectivity index (χ1n) is 14.5. The lowest BCUT2D eigenvalue weighted by Crippen LogP contribution is -2.25. The van der Waals surface area contributed by atoms with Crippen LogP contribution in [0.25, 0.3) is 21.5 Å². The third kappa shape index (κ3) is 8.35.